The molecular formula is C21H21ClN2O2. The molecule has 26 heavy (non-hydrogen) atoms. The van der Waals surface area contributed by atoms with Crippen LogP contribution in [0.1, 0.15) is 57.8 Å². The summed E-state index contributed by atoms with van der Waals surface area (Å²) in [6.07, 6.45) is 1.64. The Kier molecular flexibility index (Phi) is 5.14. The maximum atomic E-state index is 12.6. The van der Waals surface area contributed by atoms with Gasteiger partial charge in [0.25, 0.3) is 0 Å². The third-order valence-electron chi connectivity index (χ3n) is 4.63. The molecule has 2 aromatic carbocycles. The molecule has 0 fully saturated rings. The third-order valence-corrected chi connectivity index (χ3v) is 5.00. The number of H-pyrrole nitrogens is 1. The molecule has 0 aliphatic carbocycles. The van der Waals surface area contributed by atoms with Crippen LogP contribution in [0.4, 0.5) is 0 Å². The predicted molar refractivity (Wildman–Crippen MR) is 105 cm³/mol. The molecule has 0 unspecified atom stereocenters. The summed E-state index contributed by atoms with van der Waals surface area (Å²) in [6, 6.07) is 11.1. The number of aromatic nitrogens is 1. The Bertz CT molecular complexity index is 1000. The van der Waals surface area contributed by atoms with Gasteiger partial charge in [-0.15, -0.1) is 0 Å². The molecule has 3 rings (SSSR count). The number of benzene rings is 2. The van der Waals surface area contributed by atoms with Gasteiger partial charge in [0, 0.05) is 39.2 Å². The largest absolute Gasteiger partial charge is 0.366 e. The minimum atomic E-state index is -0.497. The SMILES string of the molecule is CCC(=O)c1c(CC)[nH]c2cc(C(N)=O)cc(Cc3ccccc3Cl)c12. The summed E-state index contributed by atoms with van der Waals surface area (Å²) in [6.45, 7) is 3.85. The van der Waals surface area contributed by atoms with Crippen LogP contribution in [-0.4, -0.2) is 16.7 Å². The zero-order chi connectivity index (χ0) is 18.8. The van der Waals surface area contributed by atoms with Crippen LogP contribution >= 0.6 is 11.6 Å². The number of hydrogen-bond donors (Lipinski definition) is 2. The van der Waals surface area contributed by atoms with Gasteiger partial charge in [0.1, 0.15) is 0 Å². The summed E-state index contributed by atoms with van der Waals surface area (Å²) >= 11 is 6.32. The average molecular weight is 369 g/mol. The Morgan fingerprint density at radius 3 is 2.46 bits per heavy atom. The van der Waals surface area contributed by atoms with E-state index in [1.54, 1.807) is 12.1 Å². The molecule has 3 N–H and O–H groups in total. The van der Waals surface area contributed by atoms with Crippen LogP contribution in [-0.2, 0) is 12.8 Å². The second-order valence-electron chi connectivity index (χ2n) is 6.30. The molecule has 0 saturated heterocycles. The van der Waals surface area contributed by atoms with Gasteiger partial charge in [0.05, 0.1) is 0 Å². The van der Waals surface area contributed by atoms with Gasteiger partial charge in [0.15, 0.2) is 5.78 Å². The van der Waals surface area contributed by atoms with Crippen molar-refractivity contribution < 1.29 is 9.59 Å². The first-order valence-electron chi connectivity index (χ1n) is 8.70. The number of aryl methyl sites for hydroxylation is 1. The Morgan fingerprint density at radius 2 is 1.85 bits per heavy atom. The van der Waals surface area contributed by atoms with Crippen LogP contribution in [0.5, 0.6) is 0 Å². The van der Waals surface area contributed by atoms with E-state index in [2.05, 4.69) is 4.98 Å². The van der Waals surface area contributed by atoms with Gasteiger partial charge < -0.3 is 10.7 Å². The highest BCUT2D eigenvalue weighted by Gasteiger charge is 2.21. The summed E-state index contributed by atoms with van der Waals surface area (Å²) in [4.78, 5) is 27.7. The van der Waals surface area contributed by atoms with Crippen LogP contribution < -0.4 is 5.73 Å². The lowest BCUT2D eigenvalue weighted by molar-refractivity contribution is 0.0985. The normalized spacial score (nSPS) is 11.0. The average Bonchev–Trinajstić information content (AvgIpc) is 3.01. The highest BCUT2D eigenvalue weighted by atomic mass is 35.5. The standard InChI is InChI=1S/C21H21ClN2O2/c1-3-16-20(18(25)4-2)19-13(9-12-7-5-6-8-15(12)22)10-14(21(23)26)11-17(19)24-16/h5-8,10-11,24H,3-4,9H2,1-2H3,(H2,23,26). The number of amides is 1. The summed E-state index contributed by atoms with van der Waals surface area (Å²) in [5.41, 5.74) is 10.1. The van der Waals surface area contributed by atoms with E-state index in [-0.39, 0.29) is 5.78 Å². The maximum Gasteiger partial charge on any atom is 0.248 e. The molecule has 1 aromatic heterocycles. The summed E-state index contributed by atoms with van der Waals surface area (Å²) < 4.78 is 0. The van der Waals surface area contributed by atoms with Crippen molar-refractivity contribution in [1.82, 2.24) is 4.98 Å². The fraction of sp³-hybridized carbons (Fsp3) is 0.238. The first-order valence-corrected chi connectivity index (χ1v) is 9.07. The van der Waals surface area contributed by atoms with E-state index in [0.29, 0.717) is 35.4 Å². The van der Waals surface area contributed by atoms with Crippen LogP contribution in [0.3, 0.4) is 0 Å². The third kappa shape index (κ3) is 3.25. The number of aromatic amines is 1. The Balaban J connectivity index is 2.30. The number of ketones is 1. The van der Waals surface area contributed by atoms with E-state index in [0.717, 1.165) is 27.7 Å². The highest BCUT2D eigenvalue weighted by Crippen LogP contribution is 2.31. The van der Waals surface area contributed by atoms with E-state index in [4.69, 9.17) is 17.3 Å². The van der Waals surface area contributed by atoms with Gasteiger partial charge in [-0.1, -0.05) is 43.6 Å². The van der Waals surface area contributed by atoms with Crippen molar-refractivity contribution in [2.45, 2.75) is 33.1 Å². The fourth-order valence-corrected chi connectivity index (χ4v) is 3.55. The monoisotopic (exact) mass is 368 g/mol. The van der Waals surface area contributed by atoms with Crippen molar-refractivity contribution in [1.29, 1.82) is 0 Å². The number of Topliss-reactive ketones (excluding diaryl/α,β-unsaturated/α-hetero) is 1. The second kappa shape index (κ2) is 7.34. The van der Waals surface area contributed by atoms with Crippen molar-refractivity contribution in [2.75, 3.05) is 0 Å². The Morgan fingerprint density at radius 1 is 1.12 bits per heavy atom. The van der Waals surface area contributed by atoms with Gasteiger partial charge in [0.2, 0.25) is 5.91 Å². The van der Waals surface area contributed by atoms with E-state index in [1.807, 2.05) is 38.1 Å². The van der Waals surface area contributed by atoms with Gasteiger partial charge >= 0.3 is 0 Å². The summed E-state index contributed by atoms with van der Waals surface area (Å²) in [5, 5.41) is 1.51. The molecule has 4 nitrogen and oxygen atoms in total. The van der Waals surface area contributed by atoms with E-state index >= 15 is 0 Å². The molecule has 5 heteroatoms. The van der Waals surface area contributed by atoms with Gasteiger partial charge in [-0.05, 0) is 42.2 Å². The zero-order valence-corrected chi connectivity index (χ0v) is 15.6. The Labute approximate surface area is 157 Å². The molecule has 1 amide bonds. The summed E-state index contributed by atoms with van der Waals surface area (Å²) in [7, 11) is 0. The first-order chi connectivity index (χ1) is 12.5. The molecule has 0 spiro atoms. The molecule has 0 aliphatic rings. The van der Waals surface area contributed by atoms with Crippen LogP contribution in [0.15, 0.2) is 36.4 Å². The number of carbonyl (C=O) groups excluding carboxylic acids is 2. The topological polar surface area (TPSA) is 75.9 Å². The van der Waals surface area contributed by atoms with E-state index < -0.39 is 5.91 Å². The smallest absolute Gasteiger partial charge is 0.248 e. The first kappa shape index (κ1) is 18.2. The van der Waals surface area contributed by atoms with Crippen LogP contribution in [0.2, 0.25) is 5.02 Å². The second-order valence-corrected chi connectivity index (χ2v) is 6.71. The van der Waals surface area contributed by atoms with Crippen molar-refractivity contribution >= 4 is 34.2 Å². The number of halogens is 1. The molecule has 1 heterocycles. The lowest BCUT2D eigenvalue weighted by Gasteiger charge is -2.10. The fourth-order valence-electron chi connectivity index (χ4n) is 3.35. The van der Waals surface area contributed by atoms with Crippen LogP contribution in [0.25, 0.3) is 10.9 Å². The highest BCUT2D eigenvalue weighted by molar-refractivity contribution is 6.31. The van der Waals surface area contributed by atoms with Crippen molar-refractivity contribution in [3.05, 3.63) is 69.4 Å². The minimum absolute atomic E-state index is 0.0836. The van der Waals surface area contributed by atoms with Gasteiger partial charge in [-0.25, -0.2) is 0 Å². The lowest BCUT2D eigenvalue weighted by Crippen LogP contribution is -2.11. The number of fused-ring (bicyclic) bond motifs is 1. The molecule has 0 aliphatic heterocycles. The number of hydrogen-bond acceptors (Lipinski definition) is 2. The number of rotatable bonds is 6. The summed E-state index contributed by atoms with van der Waals surface area (Å²) in [5.74, 6) is -0.413. The van der Waals surface area contributed by atoms with Gasteiger partial charge in [-0.3, -0.25) is 9.59 Å². The Hall–Kier alpha value is -2.59. The number of primary amides is 1. The van der Waals surface area contributed by atoms with Crippen LogP contribution in [0, 0.1) is 0 Å². The van der Waals surface area contributed by atoms with E-state index in [1.165, 1.54) is 0 Å². The molecule has 134 valence electrons. The quantitative estimate of drug-likeness (QED) is 0.620. The van der Waals surface area contributed by atoms with Crippen molar-refractivity contribution in [3.8, 4) is 0 Å². The molecular weight excluding hydrogens is 348 g/mol. The van der Waals surface area contributed by atoms with Gasteiger partial charge in [-0.2, -0.15) is 0 Å². The molecule has 0 atom stereocenters. The number of nitrogens with one attached hydrogen (secondary N) is 1. The lowest BCUT2D eigenvalue weighted by atomic mass is 9.94. The molecule has 3 aromatic rings. The number of carbonyl (C=O) groups is 2. The molecule has 0 bridgehead atoms. The van der Waals surface area contributed by atoms with Crippen molar-refractivity contribution in [3.63, 3.8) is 0 Å². The molecule has 0 saturated carbocycles. The maximum absolute atomic E-state index is 12.6. The van der Waals surface area contributed by atoms with E-state index in [9.17, 15) is 9.59 Å². The zero-order valence-electron chi connectivity index (χ0n) is 14.9. The minimum Gasteiger partial charge on any atom is -0.366 e. The predicted octanol–water partition coefficient (Wildman–Crippen LogP) is 4.67. The van der Waals surface area contributed by atoms with Crippen molar-refractivity contribution in [2.24, 2.45) is 5.73 Å². The molecule has 0 radical (unpaired) electrons. The number of nitrogens with two attached hydrogens (primary N) is 1.